The highest BCUT2D eigenvalue weighted by Crippen LogP contribution is 2.19. The van der Waals surface area contributed by atoms with Gasteiger partial charge in [0, 0.05) is 17.1 Å². The van der Waals surface area contributed by atoms with Crippen molar-refractivity contribution in [3.63, 3.8) is 0 Å². The third-order valence-electron chi connectivity index (χ3n) is 3.30. The average Bonchev–Trinajstić information content (AvgIpc) is 3.06. The van der Waals surface area contributed by atoms with Gasteiger partial charge in [0.1, 0.15) is 6.26 Å². The summed E-state index contributed by atoms with van der Waals surface area (Å²) in [6.07, 6.45) is 3.80. The molecule has 6 heteroatoms. The number of nitrogens with two attached hydrogens (primary N) is 1. The number of benzene rings is 1. The predicted octanol–water partition coefficient (Wildman–Crippen LogP) is 1.97. The molecule has 0 aliphatic carbocycles. The minimum atomic E-state index is -0.670. The van der Waals surface area contributed by atoms with Crippen LogP contribution in [0.5, 0.6) is 0 Å². The lowest BCUT2D eigenvalue weighted by Crippen LogP contribution is -2.37. The first-order chi connectivity index (χ1) is 10.1. The first-order valence-corrected chi connectivity index (χ1v) is 6.67. The van der Waals surface area contributed by atoms with E-state index >= 15 is 0 Å². The number of H-pyrrole nitrogens is 1. The van der Waals surface area contributed by atoms with Crippen molar-refractivity contribution in [2.75, 3.05) is 5.32 Å². The minimum absolute atomic E-state index is 0.173. The number of nitrogens with zero attached hydrogens (tertiary/aromatic N) is 1. The second kappa shape index (κ2) is 5.41. The van der Waals surface area contributed by atoms with E-state index in [1.165, 1.54) is 6.26 Å². The smallest absolute Gasteiger partial charge is 0.301 e. The number of nitrogens with one attached hydrogen (secondary N) is 2. The molecule has 6 nitrogen and oxygen atoms in total. The van der Waals surface area contributed by atoms with E-state index in [0.717, 1.165) is 16.5 Å². The molecule has 0 fully saturated rings. The summed E-state index contributed by atoms with van der Waals surface area (Å²) < 4.78 is 5.09. The van der Waals surface area contributed by atoms with Crippen molar-refractivity contribution < 1.29 is 9.21 Å². The van der Waals surface area contributed by atoms with E-state index in [-0.39, 0.29) is 11.9 Å². The Kier molecular flexibility index (Phi) is 3.45. The molecule has 0 saturated carbocycles. The van der Waals surface area contributed by atoms with Gasteiger partial charge in [-0.25, -0.2) is 0 Å². The summed E-state index contributed by atoms with van der Waals surface area (Å²) >= 11 is 0. The zero-order valence-electron chi connectivity index (χ0n) is 11.6. The van der Waals surface area contributed by atoms with Gasteiger partial charge in [0.05, 0.1) is 11.7 Å². The summed E-state index contributed by atoms with van der Waals surface area (Å²) in [5.74, 6) is -0.317. The molecule has 3 aromatic rings. The van der Waals surface area contributed by atoms with Gasteiger partial charge in [-0.2, -0.15) is 4.98 Å². The van der Waals surface area contributed by atoms with Crippen molar-refractivity contribution in [1.29, 1.82) is 0 Å². The molecule has 0 bridgehead atoms. The predicted molar refractivity (Wildman–Crippen MR) is 79.8 cm³/mol. The number of hydrogen-bond donors (Lipinski definition) is 3. The molecule has 2 heterocycles. The van der Waals surface area contributed by atoms with Crippen LogP contribution >= 0.6 is 0 Å². The molecule has 1 unspecified atom stereocenters. The van der Waals surface area contributed by atoms with Crippen molar-refractivity contribution in [1.82, 2.24) is 9.97 Å². The number of anilines is 1. The lowest BCUT2D eigenvalue weighted by Gasteiger charge is -2.09. The first kappa shape index (κ1) is 13.4. The maximum absolute atomic E-state index is 12.0. The number of carbonyl (C=O) groups is 1. The largest absolute Gasteiger partial charge is 0.432 e. The van der Waals surface area contributed by atoms with Gasteiger partial charge < -0.3 is 15.1 Å². The number of fused-ring (bicyclic) bond motifs is 1. The van der Waals surface area contributed by atoms with Gasteiger partial charge in [-0.3, -0.25) is 10.1 Å². The summed E-state index contributed by atoms with van der Waals surface area (Å²) in [7, 11) is 0. The fourth-order valence-electron chi connectivity index (χ4n) is 2.24. The number of para-hydroxylation sites is 1. The number of amides is 1. The highest BCUT2D eigenvalue weighted by Gasteiger charge is 2.17. The number of aromatic amines is 1. The number of carbonyl (C=O) groups excluding carboxylic acids is 1. The Morgan fingerprint density at radius 2 is 2.29 bits per heavy atom. The SMILES string of the molecule is Cc1coc(NC(=O)C(N)Cc2c[nH]c3ccccc23)n1. The summed E-state index contributed by atoms with van der Waals surface area (Å²) in [5, 5.41) is 3.65. The molecule has 0 radical (unpaired) electrons. The Balaban J connectivity index is 1.70. The Morgan fingerprint density at radius 1 is 1.48 bits per heavy atom. The Morgan fingerprint density at radius 3 is 3.05 bits per heavy atom. The summed E-state index contributed by atoms with van der Waals surface area (Å²) in [6, 6.07) is 7.41. The lowest BCUT2D eigenvalue weighted by atomic mass is 10.1. The fourth-order valence-corrected chi connectivity index (χ4v) is 2.24. The molecule has 0 aliphatic heterocycles. The molecular formula is C15H16N4O2. The Hall–Kier alpha value is -2.60. The second-order valence-corrected chi connectivity index (χ2v) is 4.95. The quantitative estimate of drug-likeness (QED) is 0.682. The van der Waals surface area contributed by atoms with Crippen LogP contribution in [0.1, 0.15) is 11.3 Å². The van der Waals surface area contributed by atoms with Crippen LogP contribution in [0.25, 0.3) is 10.9 Å². The average molecular weight is 284 g/mol. The van der Waals surface area contributed by atoms with E-state index in [1.54, 1.807) is 6.92 Å². The van der Waals surface area contributed by atoms with Gasteiger partial charge in [-0.05, 0) is 25.0 Å². The number of aromatic nitrogens is 2. The third-order valence-corrected chi connectivity index (χ3v) is 3.30. The molecule has 0 saturated heterocycles. The molecule has 4 N–H and O–H groups in total. The lowest BCUT2D eigenvalue weighted by molar-refractivity contribution is -0.117. The molecule has 0 spiro atoms. The molecule has 0 aliphatic rings. The molecular weight excluding hydrogens is 268 g/mol. The van der Waals surface area contributed by atoms with E-state index in [0.29, 0.717) is 12.1 Å². The van der Waals surface area contributed by atoms with E-state index in [4.69, 9.17) is 10.2 Å². The highest BCUT2D eigenvalue weighted by molar-refractivity contribution is 5.93. The summed E-state index contributed by atoms with van der Waals surface area (Å²) in [4.78, 5) is 19.2. The van der Waals surface area contributed by atoms with Gasteiger partial charge in [0.25, 0.3) is 0 Å². The first-order valence-electron chi connectivity index (χ1n) is 6.67. The topological polar surface area (TPSA) is 96.9 Å². The van der Waals surface area contributed by atoms with E-state index in [2.05, 4.69) is 15.3 Å². The van der Waals surface area contributed by atoms with E-state index < -0.39 is 6.04 Å². The van der Waals surface area contributed by atoms with Gasteiger partial charge in [0.2, 0.25) is 5.91 Å². The van der Waals surface area contributed by atoms with Crippen LogP contribution in [-0.2, 0) is 11.2 Å². The van der Waals surface area contributed by atoms with Gasteiger partial charge in [-0.1, -0.05) is 18.2 Å². The Bertz CT molecular complexity index is 775. The number of hydrogen-bond acceptors (Lipinski definition) is 4. The van der Waals surface area contributed by atoms with Crippen molar-refractivity contribution in [2.45, 2.75) is 19.4 Å². The van der Waals surface area contributed by atoms with Crippen LogP contribution < -0.4 is 11.1 Å². The van der Waals surface area contributed by atoms with Crippen molar-refractivity contribution in [3.8, 4) is 0 Å². The molecule has 108 valence electrons. The number of aryl methyl sites for hydroxylation is 1. The molecule has 1 amide bonds. The highest BCUT2D eigenvalue weighted by atomic mass is 16.4. The zero-order chi connectivity index (χ0) is 14.8. The van der Waals surface area contributed by atoms with Crippen LogP contribution in [0.15, 0.2) is 41.1 Å². The van der Waals surface area contributed by atoms with Crippen LogP contribution in [0.2, 0.25) is 0 Å². The van der Waals surface area contributed by atoms with Crippen LogP contribution in [0.4, 0.5) is 6.01 Å². The van der Waals surface area contributed by atoms with E-state index in [9.17, 15) is 4.79 Å². The second-order valence-electron chi connectivity index (χ2n) is 4.95. The molecule has 21 heavy (non-hydrogen) atoms. The Labute approximate surface area is 121 Å². The van der Waals surface area contributed by atoms with Gasteiger partial charge >= 0.3 is 6.01 Å². The number of rotatable bonds is 4. The van der Waals surface area contributed by atoms with Crippen LogP contribution in [-0.4, -0.2) is 21.9 Å². The van der Waals surface area contributed by atoms with Crippen molar-refractivity contribution in [3.05, 3.63) is 48.0 Å². The standard InChI is InChI=1S/C15H16N4O2/c1-9-8-21-15(18-9)19-14(20)12(16)6-10-7-17-13-5-3-2-4-11(10)13/h2-5,7-8,12,17H,6,16H2,1H3,(H,18,19,20). The summed E-state index contributed by atoms with van der Waals surface area (Å²) in [6.45, 7) is 1.78. The fraction of sp³-hybridized carbons (Fsp3) is 0.200. The van der Waals surface area contributed by atoms with Crippen LogP contribution in [0.3, 0.4) is 0 Å². The monoisotopic (exact) mass is 284 g/mol. The zero-order valence-corrected chi connectivity index (χ0v) is 11.6. The maximum Gasteiger partial charge on any atom is 0.301 e. The molecule has 1 aromatic carbocycles. The minimum Gasteiger partial charge on any atom is -0.432 e. The molecule has 2 aromatic heterocycles. The van der Waals surface area contributed by atoms with Crippen molar-refractivity contribution in [2.24, 2.45) is 5.73 Å². The van der Waals surface area contributed by atoms with Crippen LogP contribution in [0, 0.1) is 6.92 Å². The summed E-state index contributed by atoms with van der Waals surface area (Å²) in [5.41, 5.74) is 8.70. The van der Waals surface area contributed by atoms with Crippen molar-refractivity contribution >= 4 is 22.8 Å². The maximum atomic E-state index is 12.0. The normalized spacial score (nSPS) is 12.5. The number of oxazole rings is 1. The third kappa shape index (κ3) is 2.80. The van der Waals surface area contributed by atoms with E-state index in [1.807, 2.05) is 30.5 Å². The molecule has 1 atom stereocenters. The molecule has 3 rings (SSSR count). The van der Waals surface area contributed by atoms with Gasteiger partial charge in [0.15, 0.2) is 0 Å². The van der Waals surface area contributed by atoms with Gasteiger partial charge in [-0.15, -0.1) is 0 Å².